The fraction of sp³-hybridized carbons (Fsp3) is 0.300. The van der Waals surface area contributed by atoms with Crippen molar-refractivity contribution in [2.75, 3.05) is 31.1 Å². The van der Waals surface area contributed by atoms with Gasteiger partial charge in [-0.15, -0.1) is 0 Å². The van der Waals surface area contributed by atoms with Crippen LogP contribution in [0.2, 0.25) is 5.02 Å². The van der Waals surface area contributed by atoms with E-state index < -0.39 is 0 Å². The average molecular weight is 374 g/mol. The minimum atomic E-state index is -0.355. The molecule has 138 valence electrons. The predicted molar refractivity (Wildman–Crippen MR) is 106 cm³/mol. The maximum absolute atomic E-state index is 12.0. The number of anilines is 1. The summed E-state index contributed by atoms with van der Waals surface area (Å²) in [4.78, 5) is 26.1. The third kappa shape index (κ3) is 6.08. The number of nitrogens with zero attached hydrogens (tertiary/aromatic N) is 1. The molecule has 0 aromatic heterocycles. The number of rotatable bonds is 9. The van der Waals surface area contributed by atoms with E-state index in [0.29, 0.717) is 17.1 Å². The van der Waals surface area contributed by atoms with Gasteiger partial charge >= 0.3 is 0 Å². The standard InChI is InChI=1S/C20H24ClN3O2/c1-2-24(16-9-4-3-5-10-16)14-8-13-22-19(25)15-23-20(26)17-11-6-7-12-18(17)21/h3-7,9-12H,2,8,13-15H2,1H3,(H,22,25)(H,23,26). The van der Waals surface area contributed by atoms with Crippen LogP contribution in [0.4, 0.5) is 5.69 Å². The molecular weight excluding hydrogens is 350 g/mol. The summed E-state index contributed by atoms with van der Waals surface area (Å²) in [6.45, 7) is 4.36. The highest BCUT2D eigenvalue weighted by Crippen LogP contribution is 2.14. The number of halogens is 1. The van der Waals surface area contributed by atoms with E-state index in [2.05, 4.69) is 34.6 Å². The second-order valence-electron chi connectivity index (χ2n) is 5.78. The maximum atomic E-state index is 12.0. The first kappa shape index (κ1) is 19.8. The van der Waals surface area contributed by atoms with Crippen LogP contribution in [0.3, 0.4) is 0 Å². The van der Waals surface area contributed by atoms with Gasteiger partial charge in [-0.2, -0.15) is 0 Å². The van der Waals surface area contributed by atoms with E-state index >= 15 is 0 Å². The van der Waals surface area contributed by atoms with Crippen molar-refractivity contribution in [3.8, 4) is 0 Å². The number of carbonyl (C=O) groups excluding carboxylic acids is 2. The van der Waals surface area contributed by atoms with Crippen LogP contribution in [0, 0.1) is 0 Å². The van der Waals surface area contributed by atoms with Gasteiger partial charge in [0.05, 0.1) is 17.1 Å². The van der Waals surface area contributed by atoms with Crippen molar-refractivity contribution >= 4 is 29.1 Å². The Kier molecular flexibility index (Phi) is 7.96. The van der Waals surface area contributed by atoms with E-state index in [1.165, 1.54) is 5.69 Å². The largest absolute Gasteiger partial charge is 0.372 e. The number of para-hydroxylation sites is 1. The molecule has 2 aromatic carbocycles. The van der Waals surface area contributed by atoms with Gasteiger partial charge in [0.2, 0.25) is 5.91 Å². The van der Waals surface area contributed by atoms with Crippen LogP contribution >= 0.6 is 11.6 Å². The van der Waals surface area contributed by atoms with E-state index in [0.717, 1.165) is 19.5 Å². The Morgan fingerprint density at radius 1 is 1.00 bits per heavy atom. The maximum Gasteiger partial charge on any atom is 0.253 e. The van der Waals surface area contributed by atoms with Crippen LogP contribution in [-0.4, -0.2) is 38.0 Å². The van der Waals surface area contributed by atoms with Gasteiger partial charge in [-0.3, -0.25) is 9.59 Å². The quantitative estimate of drug-likeness (QED) is 0.664. The molecule has 6 heteroatoms. The lowest BCUT2D eigenvalue weighted by Gasteiger charge is -2.23. The average Bonchev–Trinajstić information content (AvgIpc) is 2.67. The highest BCUT2D eigenvalue weighted by molar-refractivity contribution is 6.33. The second kappa shape index (κ2) is 10.5. The van der Waals surface area contributed by atoms with E-state index in [-0.39, 0.29) is 18.4 Å². The first-order chi connectivity index (χ1) is 12.6. The van der Waals surface area contributed by atoms with Crippen LogP contribution in [0.5, 0.6) is 0 Å². The summed E-state index contributed by atoms with van der Waals surface area (Å²) in [5.74, 6) is -0.569. The number of hydrogen-bond acceptors (Lipinski definition) is 3. The number of hydrogen-bond donors (Lipinski definition) is 2. The van der Waals surface area contributed by atoms with Crippen molar-refractivity contribution in [2.45, 2.75) is 13.3 Å². The van der Waals surface area contributed by atoms with Gasteiger partial charge in [-0.1, -0.05) is 41.9 Å². The molecule has 0 saturated carbocycles. The summed E-state index contributed by atoms with van der Waals surface area (Å²) in [7, 11) is 0. The number of benzene rings is 2. The lowest BCUT2D eigenvalue weighted by molar-refractivity contribution is -0.120. The lowest BCUT2D eigenvalue weighted by atomic mass is 10.2. The van der Waals surface area contributed by atoms with Gasteiger partial charge in [0.1, 0.15) is 0 Å². The van der Waals surface area contributed by atoms with Crippen LogP contribution < -0.4 is 15.5 Å². The minimum absolute atomic E-state index is 0.0692. The second-order valence-corrected chi connectivity index (χ2v) is 6.19. The van der Waals surface area contributed by atoms with Crippen molar-refractivity contribution in [2.24, 2.45) is 0 Å². The SMILES string of the molecule is CCN(CCCNC(=O)CNC(=O)c1ccccc1Cl)c1ccccc1. The van der Waals surface area contributed by atoms with Crippen LogP contribution in [0.15, 0.2) is 54.6 Å². The molecule has 0 saturated heterocycles. The van der Waals surface area contributed by atoms with E-state index in [9.17, 15) is 9.59 Å². The fourth-order valence-electron chi connectivity index (χ4n) is 2.57. The molecule has 0 fully saturated rings. The molecule has 2 rings (SSSR count). The third-order valence-electron chi connectivity index (χ3n) is 3.96. The van der Waals surface area contributed by atoms with E-state index in [1.54, 1.807) is 24.3 Å². The van der Waals surface area contributed by atoms with Crippen molar-refractivity contribution < 1.29 is 9.59 Å². The minimum Gasteiger partial charge on any atom is -0.372 e. The molecule has 0 spiro atoms. The van der Waals surface area contributed by atoms with Crippen LogP contribution in [0.25, 0.3) is 0 Å². The Balaban J connectivity index is 1.67. The van der Waals surface area contributed by atoms with Crippen molar-refractivity contribution in [3.63, 3.8) is 0 Å². The Bertz CT molecular complexity index is 722. The zero-order valence-electron chi connectivity index (χ0n) is 14.9. The fourth-order valence-corrected chi connectivity index (χ4v) is 2.79. The molecule has 0 aliphatic carbocycles. The molecule has 2 N–H and O–H groups in total. The van der Waals surface area contributed by atoms with Crippen LogP contribution in [0.1, 0.15) is 23.7 Å². The van der Waals surface area contributed by atoms with Gasteiger partial charge in [-0.05, 0) is 37.6 Å². The van der Waals surface area contributed by atoms with Gasteiger partial charge in [0.15, 0.2) is 0 Å². The van der Waals surface area contributed by atoms with Gasteiger partial charge < -0.3 is 15.5 Å². The summed E-state index contributed by atoms with van der Waals surface area (Å²) in [6.07, 6.45) is 0.826. The first-order valence-corrected chi connectivity index (χ1v) is 9.09. The Labute approximate surface area is 159 Å². The lowest BCUT2D eigenvalue weighted by Crippen LogP contribution is -2.38. The summed E-state index contributed by atoms with van der Waals surface area (Å²) < 4.78 is 0. The highest BCUT2D eigenvalue weighted by atomic mass is 35.5. The Morgan fingerprint density at radius 2 is 1.69 bits per heavy atom. The zero-order chi connectivity index (χ0) is 18.8. The molecule has 0 aliphatic heterocycles. The predicted octanol–water partition coefficient (Wildman–Crippen LogP) is 3.10. The van der Waals surface area contributed by atoms with Crippen molar-refractivity contribution in [1.29, 1.82) is 0 Å². The summed E-state index contributed by atoms with van der Waals surface area (Å²) >= 11 is 5.96. The normalized spacial score (nSPS) is 10.2. The highest BCUT2D eigenvalue weighted by Gasteiger charge is 2.11. The molecule has 0 unspecified atom stereocenters. The summed E-state index contributed by atoms with van der Waals surface area (Å²) in [6, 6.07) is 16.9. The van der Waals surface area contributed by atoms with Crippen molar-refractivity contribution in [1.82, 2.24) is 10.6 Å². The van der Waals surface area contributed by atoms with Gasteiger partial charge in [0.25, 0.3) is 5.91 Å². The summed E-state index contributed by atoms with van der Waals surface area (Å²) in [5, 5.41) is 5.77. The van der Waals surface area contributed by atoms with Crippen LogP contribution in [-0.2, 0) is 4.79 Å². The number of carbonyl (C=O) groups is 2. The summed E-state index contributed by atoms with van der Waals surface area (Å²) in [5.41, 5.74) is 1.54. The molecule has 0 heterocycles. The Hall–Kier alpha value is -2.53. The van der Waals surface area contributed by atoms with Gasteiger partial charge in [-0.25, -0.2) is 0 Å². The molecule has 0 bridgehead atoms. The zero-order valence-corrected chi connectivity index (χ0v) is 15.6. The first-order valence-electron chi connectivity index (χ1n) is 8.71. The molecule has 0 aliphatic rings. The molecule has 2 aromatic rings. The number of amides is 2. The van der Waals surface area contributed by atoms with Gasteiger partial charge in [0, 0.05) is 25.3 Å². The van der Waals surface area contributed by atoms with E-state index in [4.69, 9.17) is 11.6 Å². The number of nitrogens with one attached hydrogen (secondary N) is 2. The molecule has 0 atom stereocenters. The molecule has 5 nitrogen and oxygen atoms in total. The molecular formula is C20H24ClN3O2. The smallest absolute Gasteiger partial charge is 0.253 e. The third-order valence-corrected chi connectivity index (χ3v) is 4.29. The molecule has 2 amide bonds. The van der Waals surface area contributed by atoms with E-state index in [1.807, 2.05) is 18.2 Å². The monoisotopic (exact) mass is 373 g/mol. The molecule has 26 heavy (non-hydrogen) atoms. The molecule has 0 radical (unpaired) electrons. The topological polar surface area (TPSA) is 61.4 Å². The van der Waals surface area contributed by atoms with Crippen molar-refractivity contribution in [3.05, 3.63) is 65.2 Å². The Morgan fingerprint density at radius 3 is 2.38 bits per heavy atom.